The third-order valence-corrected chi connectivity index (χ3v) is 5.82. The Bertz CT molecular complexity index is 929. The summed E-state index contributed by atoms with van der Waals surface area (Å²) in [5, 5.41) is 8.84. The number of carbonyl (C=O) groups is 2. The molecule has 7 nitrogen and oxygen atoms in total. The number of thiophene rings is 1. The SMILES string of the molecule is C[C@@H](OC(=O)c1sccc1S(N)(=O)=O)C(=O)Nc1ccc(SC(F)F)cc1. The number of nitrogens with one attached hydrogen (secondary N) is 1. The molecule has 0 aliphatic rings. The quantitative estimate of drug-likeness (QED) is 0.509. The molecule has 12 heteroatoms. The van der Waals surface area contributed by atoms with Gasteiger partial charge in [-0.2, -0.15) is 8.78 Å². The summed E-state index contributed by atoms with van der Waals surface area (Å²) in [5.41, 5.74) is 0.322. The second kappa shape index (κ2) is 8.78. The summed E-state index contributed by atoms with van der Waals surface area (Å²) >= 11 is 1.19. The van der Waals surface area contributed by atoms with Crippen molar-refractivity contribution in [2.24, 2.45) is 5.14 Å². The van der Waals surface area contributed by atoms with E-state index in [1.807, 2.05) is 0 Å². The van der Waals surface area contributed by atoms with Gasteiger partial charge in [0.05, 0.1) is 0 Å². The highest BCUT2D eigenvalue weighted by Gasteiger charge is 2.25. The van der Waals surface area contributed by atoms with Gasteiger partial charge in [-0.3, -0.25) is 4.79 Å². The molecule has 0 radical (unpaired) electrons. The van der Waals surface area contributed by atoms with E-state index in [1.165, 1.54) is 42.6 Å². The number of alkyl halides is 2. The van der Waals surface area contributed by atoms with Gasteiger partial charge >= 0.3 is 5.97 Å². The van der Waals surface area contributed by atoms with E-state index in [0.29, 0.717) is 22.3 Å². The maximum absolute atomic E-state index is 12.3. The molecule has 27 heavy (non-hydrogen) atoms. The Morgan fingerprint density at radius 1 is 1.22 bits per heavy atom. The lowest BCUT2D eigenvalue weighted by Crippen LogP contribution is -2.30. The van der Waals surface area contributed by atoms with E-state index in [-0.39, 0.29) is 9.77 Å². The topological polar surface area (TPSA) is 116 Å². The first-order chi connectivity index (χ1) is 12.6. The number of ether oxygens (including phenoxy) is 1. The number of sulfonamides is 1. The first-order valence-corrected chi connectivity index (χ1v) is 10.6. The number of esters is 1. The zero-order valence-corrected chi connectivity index (χ0v) is 16.2. The molecular weight excluding hydrogens is 422 g/mol. The first-order valence-electron chi connectivity index (χ1n) is 7.25. The van der Waals surface area contributed by atoms with Crippen molar-refractivity contribution in [2.45, 2.75) is 28.6 Å². The molecule has 1 aromatic heterocycles. The molecule has 0 saturated carbocycles. The van der Waals surface area contributed by atoms with E-state index >= 15 is 0 Å². The number of thioether (sulfide) groups is 1. The second-order valence-corrected chi connectivity index (χ2v) is 8.61. The number of carbonyl (C=O) groups excluding carboxylic acids is 2. The fourth-order valence-corrected chi connectivity index (χ4v) is 4.25. The van der Waals surface area contributed by atoms with Crippen LogP contribution in [0.5, 0.6) is 0 Å². The van der Waals surface area contributed by atoms with Crippen LogP contribution in [0.25, 0.3) is 0 Å². The molecule has 3 N–H and O–H groups in total. The molecule has 2 aromatic rings. The summed E-state index contributed by atoms with van der Waals surface area (Å²) in [4.78, 5) is 23.9. The maximum atomic E-state index is 12.3. The fourth-order valence-electron chi connectivity index (χ4n) is 1.90. The highest BCUT2D eigenvalue weighted by Crippen LogP contribution is 2.26. The lowest BCUT2D eigenvalue weighted by molar-refractivity contribution is -0.123. The van der Waals surface area contributed by atoms with Crippen molar-refractivity contribution in [1.82, 2.24) is 0 Å². The van der Waals surface area contributed by atoms with Gasteiger partial charge in [0.15, 0.2) is 6.10 Å². The Hall–Kier alpha value is -2.02. The van der Waals surface area contributed by atoms with Crippen LogP contribution in [0.15, 0.2) is 45.5 Å². The monoisotopic (exact) mass is 436 g/mol. The molecule has 0 fully saturated rings. The second-order valence-electron chi connectivity index (χ2n) is 5.10. The molecule has 0 aliphatic carbocycles. The van der Waals surface area contributed by atoms with Crippen LogP contribution in [0.1, 0.15) is 16.6 Å². The lowest BCUT2D eigenvalue weighted by atomic mass is 10.3. The van der Waals surface area contributed by atoms with Crippen molar-refractivity contribution in [2.75, 3.05) is 5.32 Å². The summed E-state index contributed by atoms with van der Waals surface area (Å²) in [6.45, 7) is 1.30. The maximum Gasteiger partial charge on any atom is 0.350 e. The van der Waals surface area contributed by atoms with E-state index < -0.39 is 33.8 Å². The van der Waals surface area contributed by atoms with Crippen LogP contribution in [0.3, 0.4) is 0 Å². The van der Waals surface area contributed by atoms with Gasteiger partial charge in [0.25, 0.3) is 11.7 Å². The number of rotatable bonds is 7. The van der Waals surface area contributed by atoms with Gasteiger partial charge in [-0.25, -0.2) is 18.4 Å². The molecule has 0 unspecified atom stereocenters. The molecular formula is C15H14F2N2O5S3. The average Bonchev–Trinajstić information content (AvgIpc) is 3.06. The van der Waals surface area contributed by atoms with E-state index in [0.717, 1.165) is 11.3 Å². The zero-order chi connectivity index (χ0) is 20.2. The van der Waals surface area contributed by atoms with Crippen molar-refractivity contribution in [3.8, 4) is 0 Å². The number of amides is 1. The van der Waals surface area contributed by atoms with Crippen LogP contribution in [-0.4, -0.2) is 32.2 Å². The Labute approximate surface area is 161 Å². The van der Waals surface area contributed by atoms with Gasteiger partial charge in [0.2, 0.25) is 10.0 Å². The van der Waals surface area contributed by atoms with Crippen molar-refractivity contribution in [1.29, 1.82) is 0 Å². The predicted molar refractivity (Wildman–Crippen MR) is 97.5 cm³/mol. The van der Waals surface area contributed by atoms with Crippen LogP contribution in [-0.2, 0) is 19.6 Å². The largest absolute Gasteiger partial charge is 0.448 e. The minimum Gasteiger partial charge on any atom is -0.448 e. The highest BCUT2D eigenvalue weighted by atomic mass is 32.2. The van der Waals surface area contributed by atoms with Gasteiger partial charge in [-0.05, 0) is 42.6 Å². The fraction of sp³-hybridized carbons (Fsp3) is 0.200. The molecule has 2 rings (SSSR count). The van der Waals surface area contributed by atoms with Crippen LogP contribution in [0.4, 0.5) is 14.5 Å². The summed E-state index contributed by atoms with van der Waals surface area (Å²) in [6.07, 6.45) is -1.23. The van der Waals surface area contributed by atoms with E-state index in [2.05, 4.69) is 5.32 Å². The van der Waals surface area contributed by atoms with E-state index in [9.17, 15) is 26.8 Å². The Kier molecular flexibility index (Phi) is 6.92. The third kappa shape index (κ3) is 5.99. The number of primary sulfonamides is 1. The molecule has 1 atom stereocenters. The van der Waals surface area contributed by atoms with Gasteiger partial charge in [-0.1, -0.05) is 11.8 Å². The molecule has 1 heterocycles. The van der Waals surface area contributed by atoms with Crippen LogP contribution in [0, 0.1) is 0 Å². The number of hydrogen-bond acceptors (Lipinski definition) is 7. The van der Waals surface area contributed by atoms with Crippen LogP contribution < -0.4 is 10.5 Å². The van der Waals surface area contributed by atoms with Gasteiger partial charge in [-0.15, -0.1) is 11.3 Å². The number of nitrogens with two attached hydrogens (primary N) is 1. The summed E-state index contributed by atoms with van der Waals surface area (Å²) < 4.78 is 52.4. The highest BCUT2D eigenvalue weighted by molar-refractivity contribution is 7.99. The molecule has 146 valence electrons. The Morgan fingerprint density at radius 2 is 1.85 bits per heavy atom. The van der Waals surface area contributed by atoms with Crippen molar-refractivity contribution in [3.63, 3.8) is 0 Å². The number of anilines is 1. The first kappa shape index (κ1) is 21.3. The molecule has 0 spiro atoms. The van der Waals surface area contributed by atoms with Crippen LogP contribution in [0.2, 0.25) is 0 Å². The van der Waals surface area contributed by atoms with Gasteiger partial charge in [0.1, 0.15) is 9.77 Å². The molecule has 0 bridgehead atoms. The standard InChI is InChI=1S/C15H14F2N2O5S3/c1-8(24-14(21)12-11(6-7-25-12)27(18,22)23)13(20)19-9-2-4-10(5-3-9)26-15(16)17/h2-8,15H,1H3,(H,19,20)(H2,18,22,23)/t8-/m1/s1. The molecule has 1 amide bonds. The molecule has 0 aliphatic heterocycles. The summed E-state index contributed by atoms with van der Waals surface area (Å²) in [5.74, 6) is -4.23. The Morgan fingerprint density at radius 3 is 2.41 bits per heavy atom. The van der Waals surface area contributed by atoms with E-state index in [1.54, 1.807) is 0 Å². The minimum absolute atomic E-state index is 0.231. The van der Waals surface area contributed by atoms with E-state index in [4.69, 9.17) is 9.88 Å². The molecule has 0 saturated heterocycles. The smallest absolute Gasteiger partial charge is 0.350 e. The lowest BCUT2D eigenvalue weighted by Gasteiger charge is -2.13. The zero-order valence-electron chi connectivity index (χ0n) is 13.7. The normalized spacial score (nSPS) is 12.6. The number of benzene rings is 1. The number of hydrogen-bond donors (Lipinski definition) is 2. The van der Waals surface area contributed by atoms with Crippen molar-refractivity contribution in [3.05, 3.63) is 40.6 Å². The average molecular weight is 436 g/mol. The molecule has 1 aromatic carbocycles. The Balaban J connectivity index is 1.99. The number of halogens is 2. The third-order valence-electron chi connectivity index (χ3n) is 3.12. The van der Waals surface area contributed by atoms with Crippen molar-refractivity contribution < 1.29 is 31.5 Å². The summed E-state index contributed by atoms with van der Waals surface area (Å²) in [6, 6.07) is 6.84. The van der Waals surface area contributed by atoms with Crippen molar-refractivity contribution >= 4 is 50.7 Å². The van der Waals surface area contributed by atoms with Gasteiger partial charge in [0, 0.05) is 10.6 Å². The van der Waals surface area contributed by atoms with Gasteiger partial charge < -0.3 is 10.1 Å². The summed E-state index contributed by atoms with van der Waals surface area (Å²) in [7, 11) is -4.10. The van der Waals surface area contributed by atoms with Crippen LogP contribution >= 0.6 is 23.1 Å². The minimum atomic E-state index is -4.10. The predicted octanol–water partition coefficient (Wildman–Crippen LogP) is 2.89.